The fraction of sp³-hybridized carbons (Fsp3) is 0.417. The number of carbonyl (C=O) groups excluding carboxylic acids is 1. The van der Waals surface area contributed by atoms with Crippen molar-refractivity contribution in [1.82, 2.24) is 0 Å². The van der Waals surface area contributed by atoms with E-state index >= 15 is 0 Å². The van der Waals surface area contributed by atoms with Crippen LogP contribution >= 0.6 is 0 Å². The Morgan fingerprint density at radius 3 is 2.65 bits per heavy atom. The SMILES string of the molecule is COc1ccc(OC)c(C(=O)COCCN)c1. The van der Waals surface area contributed by atoms with Crippen LogP contribution in [0, 0.1) is 0 Å². The van der Waals surface area contributed by atoms with Gasteiger partial charge in [0.25, 0.3) is 0 Å². The number of nitrogens with two attached hydrogens (primary N) is 1. The molecule has 0 amide bonds. The first-order valence-corrected chi connectivity index (χ1v) is 5.26. The van der Waals surface area contributed by atoms with Crippen molar-refractivity contribution >= 4 is 5.78 Å². The molecule has 0 heterocycles. The molecule has 0 saturated heterocycles. The molecule has 94 valence electrons. The number of benzene rings is 1. The Hall–Kier alpha value is -1.59. The molecule has 0 aromatic heterocycles. The van der Waals surface area contributed by atoms with Crippen LogP contribution in [0.2, 0.25) is 0 Å². The van der Waals surface area contributed by atoms with Crippen LogP contribution < -0.4 is 15.2 Å². The van der Waals surface area contributed by atoms with Crippen molar-refractivity contribution in [2.45, 2.75) is 0 Å². The van der Waals surface area contributed by atoms with Gasteiger partial charge in [-0.2, -0.15) is 0 Å². The Labute approximate surface area is 100 Å². The molecule has 1 aromatic rings. The van der Waals surface area contributed by atoms with Crippen molar-refractivity contribution in [3.8, 4) is 11.5 Å². The molecule has 0 fully saturated rings. The standard InChI is InChI=1S/C12H17NO4/c1-15-9-3-4-12(16-2)10(7-9)11(14)8-17-6-5-13/h3-4,7H,5-6,8,13H2,1-2H3. The summed E-state index contributed by atoms with van der Waals surface area (Å²) < 4.78 is 15.3. The maximum Gasteiger partial charge on any atom is 0.192 e. The summed E-state index contributed by atoms with van der Waals surface area (Å²) >= 11 is 0. The molecule has 0 saturated carbocycles. The lowest BCUT2D eigenvalue weighted by Gasteiger charge is -2.09. The normalized spacial score (nSPS) is 10.1. The first kappa shape index (κ1) is 13.5. The van der Waals surface area contributed by atoms with E-state index in [4.69, 9.17) is 19.9 Å². The van der Waals surface area contributed by atoms with Crippen LogP contribution in [0.5, 0.6) is 11.5 Å². The van der Waals surface area contributed by atoms with E-state index in [-0.39, 0.29) is 12.4 Å². The Bertz CT molecular complexity index is 379. The molecule has 0 unspecified atom stereocenters. The van der Waals surface area contributed by atoms with E-state index in [2.05, 4.69) is 0 Å². The Morgan fingerprint density at radius 2 is 2.06 bits per heavy atom. The molecule has 5 nitrogen and oxygen atoms in total. The topological polar surface area (TPSA) is 70.8 Å². The predicted molar refractivity (Wildman–Crippen MR) is 63.7 cm³/mol. The zero-order valence-corrected chi connectivity index (χ0v) is 10.1. The number of hydrogen-bond acceptors (Lipinski definition) is 5. The highest BCUT2D eigenvalue weighted by molar-refractivity contribution is 6.00. The van der Waals surface area contributed by atoms with Crippen molar-refractivity contribution in [1.29, 1.82) is 0 Å². The number of rotatable bonds is 7. The third kappa shape index (κ3) is 3.72. The maximum atomic E-state index is 11.9. The zero-order chi connectivity index (χ0) is 12.7. The van der Waals surface area contributed by atoms with Crippen molar-refractivity contribution in [2.75, 3.05) is 34.0 Å². The van der Waals surface area contributed by atoms with Crippen molar-refractivity contribution in [2.24, 2.45) is 5.73 Å². The van der Waals surface area contributed by atoms with Crippen LogP contribution in [-0.2, 0) is 4.74 Å². The molecule has 17 heavy (non-hydrogen) atoms. The highest BCUT2D eigenvalue weighted by atomic mass is 16.5. The van der Waals surface area contributed by atoms with Gasteiger partial charge in [-0.3, -0.25) is 4.79 Å². The molecule has 1 aromatic carbocycles. The van der Waals surface area contributed by atoms with Crippen LogP contribution in [0.15, 0.2) is 18.2 Å². The van der Waals surface area contributed by atoms with E-state index < -0.39 is 0 Å². The molecule has 0 aliphatic rings. The molecular weight excluding hydrogens is 222 g/mol. The molecule has 1 rings (SSSR count). The van der Waals surface area contributed by atoms with E-state index in [1.54, 1.807) is 25.3 Å². The lowest BCUT2D eigenvalue weighted by atomic mass is 10.1. The number of methoxy groups -OCH3 is 2. The fourth-order valence-electron chi connectivity index (χ4n) is 1.36. The molecule has 0 atom stereocenters. The third-order valence-corrected chi connectivity index (χ3v) is 2.20. The second kappa shape index (κ2) is 6.88. The van der Waals surface area contributed by atoms with E-state index in [0.29, 0.717) is 30.2 Å². The molecule has 0 bridgehead atoms. The molecule has 5 heteroatoms. The average molecular weight is 239 g/mol. The predicted octanol–water partition coefficient (Wildman–Crippen LogP) is 0.862. The minimum Gasteiger partial charge on any atom is -0.497 e. The van der Waals surface area contributed by atoms with Crippen molar-refractivity contribution < 1.29 is 19.0 Å². The van der Waals surface area contributed by atoms with Crippen LogP contribution in [0.25, 0.3) is 0 Å². The lowest BCUT2D eigenvalue weighted by Crippen LogP contribution is -2.15. The summed E-state index contributed by atoms with van der Waals surface area (Å²) in [7, 11) is 3.06. The van der Waals surface area contributed by atoms with E-state index in [1.807, 2.05) is 0 Å². The van der Waals surface area contributed by atoms with E-state index in [0.717, 1.165) is 0 Å². The molecule has 2 N–H and O–H groups in total. The molecule has 0 aliphatic carbocycles. The number of ketones is 1. The minimum absolute atomic E-state index is 0.0132. The fourth-order valence-corrected chi connectivity index (χ4v) is 1.36. The van der Waals surface area contributed by atoms with Gasteiger partial charge in [0, 0.05) is 6.54 Å². The summed E-state index contributed by atoms with van der Waals surface area (Å²) in [6.45, 7) is 0.737. The average Bonchev–Trinajstić information content (AvgIpc) is 2.38. The molecule has 0 spiro atoms. The smallest absolute Gasteiger partial charge is 0.192 e. The first-order valence-electron chi connectivity index (χ1n) is 5.26. The van der Waals surface area contributed by atoms with E-state index in [9.17, 15) is 4.79 Å². The zero-order valence-electron chi connectivity index (χ0n) is 10.1. The van der Waals surface area contributed by atoms with Crippen molar-refractivity contribution in [3.05, 3.63) is 23.8 Å². The van der Waals surface area contributed by atoms with E-state index in [1.165, 1.54) is 7.11 Å². The van der Waals surface area contributed by atoms with Gasteiger partial charge in [-0.05, 0) is 18.2 Å². The minimum atomic E-state index is -0.158. The summed E-state index contributed by atoms with van der Waals surface area (Å²) in [5.41, 5.74) is 5.72. The second-order valence-corrected chi connectivity index (χ2v) is 3.33. The van der Waals surface area contributed by atoms with Crippen LogP contribution in [0.1, 0.15) is 10.4 Å². The van der Waals surface area contributed by atoms with Crippen LogP contribution in [0.3, 0.4) is 0 Å². The van der Waals surface area contributed by atoms with Gasteiger partial charge in [0.1, 0.15) is 18.1 Å². The number of Topliss-reactive ketones (excluding diaryl/α,β-unsaturated/α-hetero) is 1. The van der Waals surface area contributed by atoms with Gasteiger partial charge in [0.15, 0.2) is 5.78 Å². The van der Waals surface area contributed by atoms with Gasteiger partial charge in [-0.1, -0.05) is 0 Å². The van der Waals surface area contributed by atoms with Gasteiger partial charge in [-0.15, -0.1) is 0 Å². The van der Waals surface area contributed by atoms with Gasteiger partial charge in [-0.25, -0.2) is 0 Å². The first-order chi connectivity index (χ1) is 8.22. The Kier molecular flexibility index (Phi) is 5.45. The summed E-state index contributed by atoms with van der Waals surface area (Å²) in [6.07, 6.45) is 0. The van der Waals surface area contributed by atoms with Gasteiger partial charge < -0.3 is 19.9 Å². The molecule has 0 aliphatic heterocycles. The highest BCUT2D eigenvalue weighted by Gasteiger charge is 2.13. The third-order valence-electron chi connectivity index (χ3n) is 2.20. The second-order valence-electron chi connectivity index (χ2n) is 3.33. The largest absolute Gasteiger partial charge is 0.497 e. The molecule has 0 radical (unpaired) electrons. The summed E-state index contributed by atoms with van der Waals surface area (Å²) in [5, 5.41) is 0. The van der Waals surface area contributed by atoms with Crippen molar-refractivity contribution in [3.63, 3.8) is 0 Å². The maximum absolute atomic E-state index is 11.9. The lowest BCUT2D eigenvalue weighted by molar-refractivity contribution is 0.0771. The highest BCUT2D eigenvalue weighted by Crippen LogP contribution is 2.24. The number of carbonyl (C=O) groups is 1. The Balaban J connectivity index is 2.82. The van der Waals surface area contributed by atoms with Gasteiger partial charge in [0.2, 0.25) is 0 Å². The van der Waals surface area contributed by atoms with Crippen LogP contribution in [-0.4, -0.2) is 39.8 Å². The summed E-state index contributed by atoms with van der Waals surface area (Å²) in [4.78, 5) is 11.9. The van der Waals surface area contributed by atoms with Gasteiger partial charge >= 0.3 is 0 Å². The summed E-state index contributed by atoms with van der Waals surface area (Å²) in [5.74, 6) is 0.953. The number of hydrogen-bond donors (Lipinski definition) is 1. The monoisotopic (exact) mass is 239 g/mol. The number of ether oxygens (including phenoxy) is 3. The quantitative estimate of drug-likeness (QED) is 0.564. The summed E-state index contributed by atoms with van der Waals surface area (Å²) in [6, 6.07) is 5.05. The molecular formula is C12H17NO4. The van der Waals surface area contributed by atoms with Crippen LogP contribution in [0.4, 0.5) is 0 Å². The van der Waals surface area contributed by atoms with Gasteiger partial charge in [0.05, 0.1) is 26.4 Å². The Morgan fingerprint density at radius 1 is 1.29 bits per heavy atom.